The normalized spacial score (nSPS) is 21.3. The van der Waals surface area contributed by atoms with Crippen LogP contribution in [0.5, 0.6) is 0 Å². The van der Waals surface area contributed by atoms with Gasteiger partial charge in [0.1, 0.15) is 0 Å². The highest BCUT2D eigenvalue weighted by atomic mass is 16.3. The van der Waals surface area contributed by atoms with Gasteiger partial charge in [-0.05, 0) is 73.9 Å². The molecular weight excluding hydrogens is 370 g/mol. The molecule has 0 radical (unpaired) electrons. The smallest absolute Gasteiger partial charge is 0.0953 e. The summed E-state index contributed by atoms with van der Waals surface area (Å²) in [4.78, 5) is 2.55. The van der Waals surface area contributed by atoms with E-state index in [0.717, 1.165) is 50.9 Å². The van der Waals surface area contributed by atoms with Gasteiger partial charge in [-0.15, -0.1) is 0 Å². The van der Waals surface area contributed by atoms with E-state index in [1.807, 2.05) is 17.9 Å². The molecule has 1 aliphatic carbocycles. The van der Waals surface area contributed by atoms with Crippen molar-refractivity contribution in [2.75, 3.05) is 13.1 Å². The molecule has 0 spiro atoms. The maximum absolute atomic E-state index is 12.1. The summed E-state index contributed by atoms with van der Waals surface area (Å²) < 4.78 is 1.93. The van der Waals surface area contributed by atoms with E-state index in [4.69, 9.17) is 0 Å². The van der Waals surface area contributed by atoms with Gasteiger partial charge >= 0.3 is 0 Å². The maximum Gasteiger partial charge on any atom is 0.0953 e. The van der Waals surface area contributed by atoms with Crippen molar-refractivity contribution in [1.29, 1.82) is 0 Å². The van der Waals surface area contributed by atoms with Gasteiger partial charge in [-0.3, -0.25) is 9.58 Å². The molecule has 30 heavy (non-hydrogen) atoms. The molecule has 0 amide bonds. The van der Waals surface area contributed by atoms with E-state index in [-0.39, 0.29) is 0 Å². The first kappa shape index (κ1) is 19.8. The fourth-order valence-corrected chi connectivity index (χ4v) is 5.98. The van der Waals surface area contributed by atoms with Gasteiger partial charge in [0, 0.05) is 19.0 Å². The Hall–Kier alpha value is -2.17. The van der Waals surface area contributed by atoms with Crippen LogP contribution in [0.4, 0.5) is 0 Å². The molecule has 1 N–H and O–H groups in total. The largest absolute Gasteiger partial charge is 0.385 e. The van der Waals surface area contributed by atoms with Crippen molar-refractivity contribution < 1.29 is 5.11 Å². The third-order valence-electron chi connectivity index (χ3n) is 7.64. The first-order chi connectivity index (χ1) is 14.6. The van der Waals surface area contributed by atoms with Gasteiger partial charge in [-0.1, -0.05) is 49.2 Å². The summed E-state index contributed by atoms with van der Waals surface area (Å²) >= 11 is 0. The van der Waals surface area contributed by atoms with Crippen molar-refractivity contribution in [3.63, 3.8) is 0 Å². The zero-order chi connectivity index (χ0) is 20.6. The highest BCUT2D eigenvalue weighted by Crippen LogP contribution is 2.48. The van der Waals surface area contributed by atoms with Gasteiger partial charge in [0.2, 0.25) is 0 Å². The molecule has 4 nitrogen and oxygen atoms in total. The van der Waals surface area contributed by atoms with Crippen molar-refractivity contribution in [1.82, 2.24) is 14.7 Å². The summed E-state index contributed by atoms with van der Waals surface area (Å²) in [6, 6.07) is 17.2. The molecule has 4 heteroatoms. The lowest BCUT2D eigenvalue weighted by atomic mass is 9.68. The Balaban J connectivity index is 1.29. The van der Waals surface area contributed by atoms with Gasteiger partial charge < -0.3 is 5.11 Å². The molecule has 3 aromatic rings. The standard InChI is InChI=1S/C26H33N3O/c1-28-25-12-11-20(17-21(25)18-27-28)19-29-15-13-24(14-16-29)26(30,23-9-5-6-10-23)22-7-3-2-4-8-22/h2-4,7-8,11-12,17-18,23-24,30H,5-6,9-10,13-16,19H2,1H3. The zero-order valence-electron chi connectivity index (χ0n) is 18.0. The highest BCUT2D eigenvalue weighted by molar-refractivity contribution is 5.79. The molecular formula is C26H33N3O. The number of likely N-dealkylation sites (tertiary alicyclic amines) is 1. The Labute approximate surface area is 179 Å². The van der Waals surface area contributed by atoms with Crippen LogP contribution in [0.25, 0.3) is 10.9 Å². The van der Waals surface area contributed by atoms with Gasteiger partial charge in [-0.2, -0.15) is 5.10 Å². The van der Waals surface area contributed by atoms with E-state index in [9.17, 15) is 5.11 Å². The van der Waals surface area contributed by atoms with E-state index >= 15 is 0 Å². The van der Waals surface area contributed by atoms with Crippen molar-refractivity contribution >= 4 is 10.9 Å². The number of benzene rings is 2. The van der Waals surface area contributed by atoms with E-state index in [2.05, 4.69) is 58.5 Å². The quantitative estimate of drug-likeness (QED) is 0.661. The second kappa shape index (κ2) is 8.16. The molecule has 2 fully saturated rings. The van der Waals surface area contributed by atoms with Crippen LogP contribution >= 0.6 is 0 Å². The van der Waals surface area contributed by atoms with Crippen molar-refractivity contribution in [3.05, 3.63) is 65.9 Å². The number of nitrogens with zero attached hydrogens (tertiary/aromatic N) is 3. The first-order valence-corrected chi connectivity index (χ1v) is 11.6. The Morgan fingerprint density at radius 2 is 1.67 bits per heavy atom. The van der Waals surface area contributed by atoms with Crippen molar-refractivity contribution in [2.45, 2.75) is 50.7 Å². The van der Waals surface area contributed by atoms with Crippen LogP contribution in [0, 0.1) is 11.8 Å². The van der Waals surface area contributed by atoms with Crippen LogP contribution in [0.2, 0.25) is 0 Å². The summed E-state index contributed by atoms with van der Waals surface area (Å²) in [5.74, 6) is 0.754. The van der Waals surface area contributed by atoms with Crippen LogP contribution < -0.4 is 0 Å². The van der Waals surface area contributed by atoms with E-state index in [1.54, 1.807) is 0 Å². The second-order valence-electron chi connectivity index (χ2n) is 9.38. The molecule has 1 aromatic heterocycles. The minimum Gasteiger partial charge on any atom is -0.385 e. The first-order valence-electron chi connectivity index (χ1n) is 11.6. The molecule has 2 heterocycles. The molecule has 5 rings (SSSR count). The fourth-order valence-electron chi connectivity index (χ4n) is 5.98. The number of hydrogen-bond acceptors (Lipinski definition) is 3. The molecule has 1 aliphatic heterocycles. The van der Waals surface area contributed by atoms with Crippen LogP contribution in [0.3, 0.4) is 0 Å². The van der Waals surface area contributed by atoms with Gasteiger partial charge in [-0.25, -0.2) is 0 Å². The van der Waals surface area contributed by atoms with Crippen molar-refractivity contribution in [3.8, 4) is 0 Å². The molecule has 158 valence electrons. The molecule has 1 saturated carbocycles. The van der Waals surface area contributed by atoms with Crippen molar-refractivity contribution in [2.24, 2.45) is 18.9 Å². The second-order valence-corrected chi connectivity index (χ2v) is 9.38. The topological polar surface area (TPSA) is 41.3 Å². The lowest BCUT2D eigenvalue weighted by Crippen LogP contribution is -2.47. The third kappa shape index (κ3) is 3.57. The lowest BCUT2D eigenvalue weighted by Gasteiger charge is -2.45. The predicted molar refractivity (Wildman–Crippen MR) is 121 cm³/mol. The maximum atomic E-state index is 12.1. The Bertz CT molecular complexity index is 984. The van der Waals surface area contributed by atoms with Crippen LogP contribution in [-0.2, 0) is 19.2 Å². The molecule has 2 aromatic carbocycles. The predicted octanol–water partition coefficient (Wildman–Crippen LogP) is 4.86. The average Bonchev–Trinajstić information content (AvgIpc) is 3.45. The number of aryl methyl sites for hydroxylation is 1. The Morgan fingerprint density at radius 3 is 2.40 bits per heavy atom. The average molecular weight is 404 g/mol. The van der Waals surface area contributed by atoms with Gasteiger partial charge in [0.25, 0.3) is 0 Å². The monoisotopic (exact) mass is 403 g/mol. The molecule has 1 unspecified atom stereocenters. The van der Waals surface area contributed by atoms with E-state index in [0.29, 0.717) is 11.8 Å². The molecule has 1 saturated heterocycles. The summed E-state index contributed by atoms with van der Waals surface area (Å²) in [5, 5.41) is 17.7. The SMILES string of the molecule is Cn1ncc2cc(CN3CCC(C(O)(c4ccccc4)C4CCCC4)CC3)ccc21. The number of hydrogen-bond donors (Lipinski definition) is 1. The summed E-state index contributed by atoms with van der Waals surface area (Å²) in [7, 11) is 1.99. The molecule has 2 aliphatic rings. The van der Waals surface area contributed by atoms with Gasteiger partial charge in [0.05, 0.1) is 17.3 Å². The summed E-state index contributed by atoms with van der Waals surface area (Å²) in [5.41, 5.74) is 3.00. The third-order valence-corrected chi connectivity index (χ3v) is 7.64. The highest BCUT2D eigenvalue weighted by Gasteiger charge is 2.46. The minimum absolute atomic E-state index is 0.347. The number of piperidine rings is 1. The Kier molecular flexibility index (Phi) is 5.38. The number of aromatic nitrogens is 2. The van der Waals surface area contributed by atoms with Gasteiger partial charge in [0.15, 0.2) is 0 Å². The number of rotatable bonds is 5. The zero-order valence-corrected chi connectivity index (χ0v) is 18.0. The van der Waals surface area contributed by atoms with E-state index < -0.39 is 5.60 Å². The van der Waals surface area contributed by atoms with Crippen LogP contribution in [-0.4, -0.2) is 32.9 Å². The van der Waals surface area contributed by atoms with Crippen LogP contribution in [0.1, 0.15) is 49.7 Å². The Morgan fingerprint density at radius 1 is 0.967 bits per heavy atom. The number of fused-ring (bicyclic) bond motifs is 1. The fraction of sp³-hybridized carbons (Fsp3) is 0.500. The molecule has 0 bridgehead atoms. The lowest BCUT2D eigenvalue weighted by molar-refractivity contribution is -0.0938. The van der Waals surface area contributed by atoms with E-state index in [1.165, 1.54) is 29.3 Å². The minimum atomic E-state index is -0.668. The number of aliphatic hydroxyl groups is 1. The summed E-state index contributed by atoms with van der Waals surface area (Å²) in [6.07, 6.45) is 8.93. The van der Waals surface area contributed by atoms with Crippen LogP contribution in [0.15, 0.2) is 54.7 Å². The molecule has 1 atom stereocenters. The summed E-state index contributed by atoms with van der Waals surface area (Å²) in [6.45, 7) is 3.08.